The standard InChI is InChI=1S/C16H25N3O4/c1-11-4-3-5-13(8-11)22-10-15(20)19-6-7-21-9-14(19)16-18-17-12(2)23-16/h11,13-14H,3-10H2,1-2H3. The van der Waals surface area contributed by atoms with Crippen LogP contribution in [0, 0.1) is 12.8 Å². The Morgan fingerprint density at radius 1 is 1.39 bits per heavy atom. The zero-order valence-electron chi connectivity index (χ0n) is 13.9. The van der Waals surface area contributed by atoms with Crippen LogP contribution >= 0.6 is 0 Å². The summed E-state index contributed by atoms with van der Waals surface area (Å²) < 4.78 is 16.8. The highest BCUT2D eigenvalue weighted by atomic mass is 16.5. The number of amides is 1. The zero-order chi connectivity index (χ0) is 16.2. The van der Waals surface area contributed by atoms with E-state index < -0.39 is 0 Å². The van der Waals surface area contributed by atoms with Crippen LogP contribution in [-0.4, -0.2) is 53.5 Å². The fourth-order valence-electron chi connectivity index (χ4n) is 3.36. The van der Waals surface area contributed by atoms with Crippen LogP contribution in [0.3, 0.4) is 0 Å². The summed E-state index contributed by atoms with van der Waals surface area (Å²) in [5.74, 6) is 1.57. The van der Waals surface area contributed by atoms with Gasteiger partial charge in [-0.05, 0) is 18.8 Å². The molecule has 1 aromatic rings. The third kappa shape index (κ3) is 4.09. The van der Waals surface area contributed by atoms with Gasteiger partial charge in [-0.3, -0.25) is 4.79 Å². The number of hydrogen-bond acceptors (Lipinski definition) is 6. The Balaban J connectivity index is 1.58. The number of carbonyl (C=O) groups is 1. The molecule has 2 fully saturated rings. The lowest BCUT2D eigenvalue weighted by Crippen LogP contribution is -2.45. The van der Waals surface area contributed by atoms with Crippen LogP contribution < -0.4 is 0 Å². The fourth-order valence-corrected chi connectivity index (χ4v) is 3.36. The quantitative estimate of drug-likeness (QED) is 0.842. The largest absolute Gasteiger partial charge is 0.423 e. The highest BCUT2D eigenvalue weighted by Crippen LogP contribution is 2.27. The van der Waals surface area contributed by atoms with Crippen molar-refractivity contribution < 1.29 is 18.7 Å². The number of carbonyl (C=O) groups excluding carboxylic acids is 1. The minimum Gasteiger partial charge on any atom is -0.423 e. The van der Waals surface area contributed by atoms with Crippen molar-refractivity contribution in [3.8, 4) is 0 Å². The van der Waals surface area contributed by atoms with Gasteiger partial charge in [0.25, 0.3) is 0 Å². The normalized spacial score (nSPS) is 28.8. The molecule has 0 N–H and O–H groups in total. The van der Waals surface area contributed by atoms with E-state index in [1.165, 1.54) is 12.8 Å². The van der Waals surface area contributed by atoms with E-state index in [4.69, 9.17) is 13.9 Å². The number of aromatic nitrogens is 2. The first-order valence-corrected chi connectivity index (χ1v) is 8.42. The van der Waals surface area contributed by atoms with Gasteiger partial charge in [0.05, 0.1) is 19.3 Å². The van der Waals surface area contributed by atoms with Crippen molar-refractivity contribution in [2.45, 2.75) is 51.7 Å². The molecule has 3 unspecified atom stereocenters. The lowest BCUT2D eigenvalue weighted by Gasteiger charge is -2.34. The molecule has 0 bridgehead atoms. The SMILES string of the molecule is Cc1nnc(C2COCCN2C(=O)COC2CCCC(C)C2)o1. The summed E-state index contributed by atoms with van der Waals surface area (Å²) in [6, 6.07) is -0.314. The topological polar surface area (TPSA) is 77.7 Å². The van der Waals surface area contributed by atoms with Gasteiger partial charge < -0.3 is 18.8 Å². The van der Waals surface area contributed by atoms with Crippen molar-refractivity contribution in [3.05, 3.63) is 11.8 Å². The highest BCUT2D eigenvalue weighted by Gasteiger charge is 2.33. The molecule has 1 aliphatic carbocycles. The molecule has 0 spiro atoms. The second-order valence-corrected chi connectivity index (χ2v) is 6.54. The lowest BCUT2D eigenvalue weighted by atomic mass is 9.89. The van der Waals surface area contributed by atoms with Crippen LogP contribution in [0.1, 0.15) is 50.4 Å². The molecule has 7 heteroatoms. The number of ether oxygens (including phenoxy) is 2. The molecule has 2 heterocycles. The third-order valence-corrected chi connectivity index (χ3v) is 4.61. The number of nitrogens with zero attached hydrogens (tertiary/aromatic N) is 3. The van der Waals surface area contributed by atoms with Crippen molar-refractivity contribution in [2.24, 2.45) is 5.92 Å². The van der Waals surface area contributed by atoms with Crippen molar-refractivity contribution in [3.63, 3.8) is 0 Å². The molecule has 0 aromatic carbocycles. The average molecular weight is 323 g/mol. The summed E-state index contributed by atoms with van der Waals surface area (Å²) in [4.78, 5) is 14.3. The Morgan fingerprint density at radius 3 is 3.00 bits per heavy atom. The van der Waals surface area contributed by atoms with Crippen molar-refractivity contribution >= 4 is 5.91 Å². The minimum atomic E-state index is -0.314. The summed E-state index contributed by atoms with van der Waals surface area (Å²) in [5, 5.41) is 7.87. The van der Waals surface area contributed by atoms with Gasteiger partial charge in [-0.2, -0.15) is 0 Å². The van der Waals surface area contributed by atoms with Gasteiger partial charge in [-0.25, -0.2) is 0 Å². The second-order valence-electron chi connectivity index (χ2n) is 6.54. The van der Waals surface area contributed by atoms with Crippen LogP contribution in [0.2, 0.25) is 0 Å². The van der Waals surface area contributed by atoms with Crippen molar-refractivity contribution in [2.75, 3.05) is 26.4 Å². The maximum absolute atomic E-state index is 12.6. The molecule has 23 heavy (non-hydrogen) atoms. The van der Waals surface area contributed by atoms with E-state index in [9.17, 15) is 4.79 Å². The number of aryl methyl sites for hydroxylation is 1. The van der Waals surface area contributed by atoms with Crippen LogP contribution in [-0.2, 0) is 14.3 Å². The Morgan fingerprint density at radius 2 is 2.26 bits per heavy atom. The van der Waals surface area contributed by atoms with E-state index in [0.717, 1.165) is 12.8 Å². The van der Waals surface area contributed by atoms with Gasteiger partial charge >= 0.3 is 0 Å². The van der Waals surface area contributed by atoms with Gasteiger partial charge in [0.2, 0.25) is 17.7 Å². The number of rotatable bonds is 4. The maximum atomic E-state index is 12.6. The van der Waals surface area contributed by atoms with E-state index in [1.54, 1.807) is 11.8 Å². The average Bonchev–Trinajstić information content (AvgIpc) is 2.99. The first-order chi connectivity index (χ1) is 11.1. The first kappa shape index (κ1) is 16.4. The van der Waals surface area contributed by atoms with Gasteiger partial charge in [-0.1, -0.05) is 19.8 Å². The first-order valence-electron chi connectivity index (χ1n) is 8.42. The molecular formula is C16H25N3O4. The molecule has 1 amide bonds. The fraction of sp³-hybridized carbons (Fsp3) is 0.812. The second kappa shape index (κ2) is 7.40. The smallest absolute Gasteiger partial charge is 0.249 e. The molecule has 0 radical (unpaired) electrons. The van der Waals surface area contributed by atoms with Gasteiger partial charge in [0.15, 0.2) is 0 Å². The summed E-state index contributed by atoms with van der Waals surface area (Å²) >= 11 is 0. The minimum absolute atomic E-state index is 0.0348. The maximum Gasteiger partial charge on any atom is 0.249 e. The third-order valence-electron chi connectivity index (χ3n) is 4.61. The molecule has 1 saturated heterocycles. The molecule has 128 valence electrons. The number of hydrogen-bond donors (Lipinski definition) is 0. The van der Waals surface area contributed by atoms with E-state index in [0.29, 0.717) is 37.5 Å². The summed E-state index contributed by atoms with van der Waals surface area (Å²) in [6.07, 6.45) is 4.74. The lowest BCUT2D eigenvalue weighted by molar-refractivity contribution is -0.149. The molecular weight excluding hydrogens is 298 g/mol. The Labute approximate surface area is 136 Å². The van der Waals surface area contributed by atoms with Crippen LogP contribution in [0.25, 0.3) is 0 Å². The van der Waals surface area contributed by atoms with Gasteiger partial charge in [-0.15, -0.1) is 10.2 Å². The molecule has 1 saturated carbocycles. The Bertz CT molecular complexity index is 533. The monoisotopic (exact) mass is 323 g/mol. The molecule has 1 aromatic heterocycles. The Hall–Kier alpha value is -1.47. The van der Waals surface area contributed by atoms with E-state index in [2.05, 4.69) is 17.1 Å². The van der Waals surface area contributed by atoms with Crippen LogP contribution in [0.5, 0.6) is 0 Å². The van der Waals surface area contributed by atoms with Crippen LogP contribution in [0.4, 0.5) is 0 Å². The molecule has 7 nitrogen and oxygen atoms in total. The molecule has 3 rings (SSSR count). The van der Waals surface area contributed by atoms with Gasteiger partial charge in [0.1, 0.15) is 12.6 Å². The molecule has 3 atom stereocenters. The highest BCUT2D eigenvalue weighted by molar-refractivity contribution is 5.78. The molecule has 1 aliphatic heterocycles. The predicted octanol–water partition coefficient (Wildman–Crippen LogP) is 1.87. The molecule has 2 aliphatic rings. The van der Waals surface area contributed by atoms with Crippen molar-refractivity contribution in [1.82, 2.24) is 15.1 Å². The zero-order valence-corrected chi connectivity index (χ0v) is 13.9. The van der Waals surface area contributed by atoms with E-state index in [-0.39, 0.29) is 24.7 Å². The van der Waals surface area contributed by atoms with E-state index in [1.807, 2.05) is 0 Å². The Kier molecular flexibility index (Phi) is 5.27. The summed E-state index contributed by atoms with van der Waals surface area (Å²) in [6.45, 7) is 5.52. The van der Waals surface area contributed by atoms with Gasteiger partial charge in [0, 0.05) is 13.5 Å². The summed E-state index contributed by atoms with van der Waals surface area (Å²) in [7, 11) is 0. The predicted molar refractivity (Wildman–Crippen MR) is 81.7 cm³/mol. The van der Waals surface area contributed by atoms with Crippen LogP contribution in [0.15, 0.2) is 4.42 Å². The number of morpholine rings is 1. The van der Waals surface area contributed by atoms with Crippen molar-refractivity contribution in [1.29, 1.82) is 0 Å². The van der Waals surface area contributed by atoms with E-state index >= 15 is 0 Å². The summed E-state index contributed by atoms with van der Waals surface area (Å²) in [5.41, 5.74) is 0.